The van der Waals surface area contributed by atoms with Crippen LogP contribution in [-0.4, -0.2) is 26.7 Å². The molecule has 0 saturated heterocycles. The first-order valence-electron chi connectivity index (χ1n) is 6.43. The summed E-state index contributed by atoms with van der Waals surface area (Å²) in [4.78, 5) is 2.18. The minimum atomic E-state index is -0.339. The highest BCUT2D eigenvalue weighted by molar-refractivity contribution is 5.51. The quantitative estimate of drug-likeness (QED) is 0.850. The highest BCUT2D eigenvalue weighted by atomic mass is 19.1. The maximum atomic E-state index is 13.4. The van der Waals surface area contributed by atoms with Gasteiger partial charge in [-0.2, -0.15) is 0 Å². The first kappa shape index (κ1) is 13.5. The van der Waals surface area contributed by atoms with Gasteiger partial charge in [-0.05, 0) is 25.1 Å². The first-order valence-corrected chi connectivity index (χ1v) is 6.43. The van der Waals surface area contributed by atoms with Crippen molar-refractivity contribution < 1.29 is 9.13 Å². The Balaban J connectivity index is 2.13. The number of hydrogen-bond acceptors (Lipinski definition) is 4. The Morgan fingerprint density at radius 2 is 2.32 bits per heavy atom. The molecule has 1 aromatic rings. The second-order valence-electron chi connectivity index (χ2n) is 4.62. The maximum Gasteiger partial charge on any atom is 0.165 e. The van der Waals surface area contributed by atoms with Crippen molar-refractivity contribution in [2.24, 2.45) is 11.7 Å². The highest BCUT2D eigenvalue weighted by Gasteiger charge is 2.17. The summed E-state index contributed by atoms with van der Waals surface area (Å²) < 4.78 is 18.4. The van der Waals surface area contributed by atoms with E-state index >= 15 is 0 Å². The molecule has 0 radical (unpaired) electrons. The SMILES string of the molecule is CCN(C[C@@H]1C=C(N)NC1)c1ccc(F)c(OC)c1. The predicted octanol–water partition coefficient (Wildman–Crippen LogP) is 1.68. The van der Waals surface area contributed by atoms with Gasteiger partial charge < -0.3 is 20.7 Å². The van der Waals surface area contributed by atoms with Gasteiger partial charge in [0.05, 0.1) is 12.9 Å². The topological polar surface area (TPSA) is 50.5 Å². The molecule has 0 aliphatic carbocycles. The first-order chi connectivity index (χ1) is 9.13. The monoisotopic (exact) mass is 265 g/mol. The van der Waals surface area contributed by atoms with Gasteiger partial charge >= 0.3 is 0 Å². The minimum Gasteiger partial charge on any atom is -0.494 e. The van der Waals surface area contributed by atoms with Crippen LogP contribution < -0.4 is 20.7 Å². The van der Waals surface area contributed by atoms with Crippen LogP contribution in [0, 0.1) is 11.7 Å². The van der Waals surface area contributed by atoms with Crippen LogP contribution in [0.1, 0.15) is 6.92 Å². The smallest absolute Gasteiger partial charge is 0.165 e. The van der Waals surface area contributed by atoms with Gasteiger partial charge in [-0.3, -0.25) is 0 Å². The molecule has 1 aliphatic rings. The summed E-state index contributed by atoms with van der Waals surface area (Å²) in [6.07, 6.45) is 2.03. The standard InChI is InChI=1S/C14H20FN3O/c1-3-18(9-10-6-14(16)17-8-10)11-4-5-12(15)13(7-11)19-2/h4-7,10,17H,3,8-9,16H2,1-2H3/t10-/m1/s1. The lowest BCUT2D eigenvalue weighted by Crippen LogP contribution is -2.30. The zero-order valence-corrected chi connectivity index (χ0v) is 11.3. The number of anilines is 1. The number of benzene rings is 1. The van der Waals surface area contributed by atoms with Crippen molar-refractivity contribution in [2.75, 3.05) is 31.6 Å². The molecule has 0 bridgehead atoms. The van der Waals surface area contributed by atoms with Gasteiger partial charge in [-0.15, -0.1) is 0 Å². The van der Waals surface area contributed by atoms with Crippen molar-refractivity contribution in [1.29, 1.82) is 0 Å². The van der Waals surface area contributed by atoms with Crippen LogP contribution in [0.3, 0.4) is 0 Å². The molecule has 0 saturated carbocycles. The largest absolute Gasteiger partial charge is 0.494 e. The van der Waals surface area contributed by atoms with Gasteiger partial charge in [0, 0.05) is 37.3 Å². The third-order valence-electron chi connectivity index (χ3n) is 3.32. The van der Waals surface area contributed by atoms with Gasteiger partial charge in [-0.25, -0.2) is 4.39 Å². The van der Waals surface area contributed by atoms with Crippen LogP contribution in [0.4, 0.5) is 10.1 Å². The molecule has 0 aromatic heterocycles. The van der Waals surface area contributed by atoms with E-state index in [1.54, 1.807) is 12.1 Å². The molecule has 1 aromatic carbocycles. The number of nitrogens with one attached hydrogen (secondary N) is 1. The summed E-state index contributed by atoms with van der Waals surface area (Å²) in [6, 6.07) is 4.94. The fourth-order valence-corrected chi connectivity index (χ4v) is 2.28. The van der Waals surface area contributed by atoms with E-state index in [1.165, 1.54) is 13.2 Å². The van der Waals surface area contributed by atoms with Crippen molar-refractivity contribution in [1.82, 2.24) is 5.32 Å². The van der Waals surface area contributed by atoms with Gasteiger partial charge in [0.25, 0.3) is 0 Å². The lowest BCUT2D eigenvalue weighted by atomic mass is 10.1. The fraction of sp³-hybridized carbons (Fsp3) is 0.429. The average molecular weight is 265 g/mol. The molecule has 0 fully saturated rings. The van der Waals surface area contributed by atoms with E-state index in [0.29, 0.717) is 5.92 Å². The Hall–Kier alpha value is -1.91. The third-order valence-corrected chi connectivity index (χ3v) is 3.32. The van der Waals surface area contributed by atoms with Crippen molar-refractivity contribution in [3.63, 3.8) is 0 Å². The van der Waals surface area contributed by atoms with Crippen molar-refractivity contribution in [3.05, 3.63) is 35.9 Å². The molecule has 2 rings (SSSR count). The van der Waals surface area contributed by atoms with Gasteiger partial charge in [0.1, 0.15) is 0 Å². The van der Waals surface area contributed by atoms with Crippen LogP contribution in [0.2, 0.25) is 0 Å². The lowest BCUT2D eigenvalue weighted by Gasteiger charge is -2.26. The molecule has 1 atom stereocenters. The number of nitrogens with two attached hydrogens (primary N) is 1. The minimum absolute atomic E-state index is 0.274. The van der Waals surface area contributed by atoms with Gasteiger partial charge in [-0.1, -0.05) is 0 Å². The highest BCUT2D eigenvalue weighted by Crippen LogP contribution is 2.25. The third kappa shape index (κ3) is 3.10. The van der Waals surface area contributed by atoms with Crippen LogP contribution in [0.15, 0.2) is 30.1 Å². The van der Waals surface area contributed by atoms with E-state index < -0.39 is 0 Å². The van der Waals surface area contributed by atoms with Crippen LogP contribution in [-0.2, 0) is 0 Å². The zero-order chi connectivity index (χ0) is 13.8. The molecule has 0 spiro atoms. The molecule has 0 amide bonds. The Morgan fingerprint density at radius 1 is 1.53 bits per heavy atom. The van der Waals surface area contributed by atoms with E-state index in [9.17, 15) is 4.39 Å². The van der Waals surface area contributed by atoms with Gasteiger partial charge in [0.2, 0.25) is 0 Å². The molecular formula is C14H20FN3O. The summed E-state index contributed by atoms with van der Waals surface area (Å²) in [6.45, 7) is 4.62. The summed E-state index contributed by atoms with van der Waals surface area (Å²) >= 11 is 0. The van der Waals surface area contributed by atoms with Crippen molar-refractivity contribution >= 4 is 5.69 Å². The van der Waals surface area contributed by atoms with E-state index in [2.05, 4.69) is 17.1 Å². The average Bonchev–Trinajstić information content (AvgIpc) is 2.82. The molecule has 5 heteroatoms. The molecule has 19 heavy (non-hydrogen) atoms. The molecule has 104 valence electrons. The molecule has 1 aliphatic heterocycles. The molecule has 4 nitrogen and oxygen atoms in total. The van der Waals surface area contributed by atoms with Crippen LogP contribution in [0.25, 0.3) is 0 Å². The zero-order valence-electron chi connectivity index (χ0n) is 11.3. The van der Waals surface area contributed by atoms with Crippen molar-refractivity contribution in [3.8, 4) is 5.75 Å². The number of ether oxygens (including phenoxy) is 1. The Kier molecular flexibility index (Phi) is 4.14. The van der Waals surface area contributed by atoms with E-state index in [0.717, 1.165) is 31.1 Å². The van der Waals surface area contributed by atoms with Crippen LogP contribution >= 0.6 is 0 Å². The maximum absolute atomic E-state index is 13.4. The number of nitrogens with zero attached hydrogens (tertiary/aromatic N) is 1. The molecule has 3 N–H and O–H groups in total. The number of halogens is 1. The normalized spacial score (nSPS) is 17.8. The van der Waals surface area contributed by atoms with E-state index in [4.69, 9.17) is 10.5 Å². The van der Waals surface area contributed by atoms with E-state index in [1.807, 2.05) is 6.08 Å². The Labute approximate surface area is 113 Å². The lowest BCUT2D eigenvalue weighted by molar-refractivity contribution is 0.386. The summed E-state index contributed by atoms with van der Waals surface area (Å²) in [5.74, 6) is 1.04. The summed E-state index contributed by atoms with van der Waals surface area (Å²) in [7, 11) is 1.48. The number of rotatable bonds is 5. The second kappa shape index (κ2) is 5.82. The Bertz CT molecular complexity index is 476. The summed E-state index contributed by atoms with van der Waals surface area (Å²) in [5, 5.41) is 3.11. The van der Waals surface area contributed by atoms with Crippen LogP contribution in [0.5, 0.6) is 5.75 Å². The summed E-state index contributed by atoms with van der Waals surface area (Å²) in [5.41, 5.74) is 6.67. The van der Waals surface area contributed by atoms with E-state index in [-0.39, 0.29) is 11.6 Å². The molecule has 0 unspecified atom stereocenters. The van der Waals surface area contributed by atoms with Gasteiger partial charge in [0.15, 0.2) is 11.6 Å². The van der Waals surface area contributed by atoms with Crippen molar-refractivity contribution in [2.45, 2.75) is 6.92 Å². The Morgan fingerprint density at radius 3 is 2.89 bits per heavy atom. The number of hydrogen-bond donors (Lipinski definition) is 2. The molecular weight excluding hydrogens is 245 g/mol. The number of methoxy groups -OCH3 is 1. The fourth-order valence-electron chi connectivity index (χ4n) is 2.28. The predicted molar refractivity (Wildman–Crippen MR) is 74.6 cm³/mol. The second-order valence-corrected chi connectivity index (χ2v) is 4.62. The molecule has 1 heterocycles.